The summed E-state index contributed by atoms with van der Waals surface area (Å²) in [7, 11) is 1.49. The van der Waals surface area contributed by atoms with Crippen LogP contribution >= 0.6 is 23.2 Å². The van der Waals surface area contributed by atoms with Gasteiger partial charge >= 0.3 is 5.69 Å². The molecule has 1 heterocycles. The fraction of sp³-hybridized carbons (Fsp3) is 0.0909. The zero-order valence-electron chi connectivity index (χ0n) is 10.1. The summed E-state index contributed by atoms with van der Waals surface area (Å²) in [6.45, 7) is 0. The number of methoxy groups -OCH3 is 1. The van der Waals surface area contributed by atoms with Crippen molar-refractivity contribution in [3.05, 3.63) is 44.8 Å². The molecule has 0 aliphatic carbocycles. The van der Waals surface area contributed by atoms with Crippen LogP contribution in [0, 0.1) is 10.1 Å². The summed E-state index contributed by atoms with van der Waals surface area (Å²) in [5, 5.41) is 13.9. The zero-order chi connectivity index (χ0) is 14.7. The third kappa shape index (κ3) is 3.06. The lowest BCUT2D eigenvalue weighted by Crippen LogP contribution is -2.01. The second-order valence-corrected chi connectivity index (χ2v) is 4.35. The molecule has 9 heteroatoms. The molecule has 0 saturated heterocycles. The van der Waals surface area contributed by atoms with Gasteiger partial charge in [0.25, 0.3) is 0 Å². The molecule has 2 aromatic rings. The van der Waals surface area contributed by atoms with Crippen molar-refractivity contribution in [1.82, 2.24) is 9.97 Å². The van der Waals surface area contributed by atoms with Gasteiger partial charge in [0.05, 0.1) is 17.1 Å². The molecule has 0 aliphatic heterocycles. The van der Waals surface area contributed by atoms with Crippen LogP contribution < -0.4 is 10.1 Å². The Bertz CT molecular complexity index is 666. The molecule has 0 unspecified atom stereocenters. The van der Waals surface area contributed by atoms with E-state index in [4.69, 9.17) is 27.9 Å². The van der Waals surface area contributed by atoms with Crippen LogP contribution in [-0.4, -0.2) is 22.0 Å². The summed E-state index contributed by atoms with van der Waals surface area (Å²) in [5.74, 6) is 0.476. The fourth-order valence-electron chi connectivity index (χ4n) is 1.46. The van der Waals surface area contributed by atoms with Crippen LogP contribution in [0.1, 0.15) is 0 Å². The molecule has 104 valence electrons. The van der Waals surface area contributed by atoms with Crippen LogP contribution in [0.5, 0.6) is 5.75 Å². The van der Waals surface area contributed by atoms with Crippen LogP contribution in [0.4, 0.5) is 17.2 Å². The van der Waals surface area contributed by atoms with Gasteiger partial charge in [-0.3, -0.25) is 10.1 Å². The molecule has 0 spiro atoms. The van der Waals surface area contributed by atoms with Gasteiger partial charge in [-0.15, -0.1) is 0 Å². The van der Waals surface area contributed by atoms with E-state index >= 15 is 0 Å². The molecule has 0 radical (unpaired) electrons. The number of rotatable bonds is 4. The van der Waals surface area contributed by atoms with Crippen LogP contribution in [0.25, 0.3) is 0 Å². The van der Waals surface area contributed by atoms with Crippen molar-refractivity contribution in [2.75, 3.05) is 12.4 Å². The molecule has 1 aromatic heterocycles. The van der Waals surface area contributed by atoms with Crippen molar-refractivity contribution in [2.45, 2.75) is 0 Å². The Morgan fingerprint density at radius 3 is 2.75 bits per heavy atom. The summed E-state index contributed by atoms with van der Waals surface area (Å²) < 4.78 is 5.02. The first-order chi connectivity index (χ1) is 9.51. The first kappa shape index (κ1) is 14.3. The number of nitro groups is 1. The van der Waals surface area contributed by atoms with Crippen LogP contribution in [-0.2, 0) is 0 Å². The molecule has 1 aromatic carbocycles. The first-order valence-electron chi connectivity index (χ1n) is 5.28. The topological polar surface area (TPSA) is 90.2 Å². The number of hydrogen-bond acceptors (Lipinski definition) is 6. The molecule has 0 atom stereocenters. The minimum atomic E-state index is -0.607. The monoisotopic (exact) mass is 314 g/mol. The quantitative estimate of drug-likeness (QED) is 0.528. The Labute approximate surface area is 123 Å². The van der Waals surface area contributed by atoms with E-state index in [2.05, 4.69) is 15.3 Å². The fourth-order valence-corrected chi connectivity index (χ4v) is 1.85. The lowest BCUT2D eigenvalue weighted by atomic mass is 10.3. The highest BCUT2D eigenvalue weighted by atomic mass is 35.5. The van der Waals surface area contributed by atoms with Crippen molar-refractivity contribution in [3.8, 4) is 5.75 Å². The van der Waals surface area contributed by atoms with Gasteiger partial charge in [-0.1, -0.05) is 11.6 Å². The van der Waals surface area contributed by atoms with E-state index in [0.717, 1.165) is 6.20 Å². The summed E-state index contributed by atoms with van der Waals surface area (Å²) in [6, 6.07) is 4.82. The highest BCUT2D eigenvalue weighted by Crippen LogP contribution is 2.31. The normalized spacial score (nSPS) is 10.2. The molecule has 7 nitrogen and oxygen atoms in total. The van der Waals surface area contributed by atoms with Gasteiger partial charge in [0, 0.05) is 5.69 Å². The zero-order valence-corrected chi connectivity index (χ0v) is 11.6. The number of benzene rings is 1. The van der Waals surface area contributed by atoms with Crippen LogP contribution in [0.15, 0.2) is 24.4 Å². The molecule has 0 aliphatic rings. The lowest BCUT2D eigenvalue weighted by molar-refractivity contribution is -0.384. The minimum Gasteiger partial charge on any atom is -0.495 e. The van der Waals surface area contributed by atoms with E-state index in [9.17, 15) is 10.1 Å². The van der Waals surface area contributed by atoms with E-state index in [1.54, 1.807) is 18.2 Å². The molecule has 1 N–H and O–H groups in total. The predicted octanol–water partition coefficient (Wildman–Crippen LogP) is 3.44. The lowest BCUT2D eigenvalue weighted by Gasteiger charge is -2.08. The number of hydrogen-bond donors (Lipinski definition) is 1. The van der Waals surface area contributed by atoms with E-state index in [0.29, 0.717) is 16.5 Å². The molecule has 0 saturated carbocycles. The van der Waals surface area contributed by atoms with Gasteiger partial charge in [0.15, 0.2) is 0 Å². The summed E-state index contributed by atoms with van der Waals surface area (Å²) in [5.41, 5.74) is 0.218. The summed E-state index contributed by atoms with van der Waals surface area (Å²) >= 11 is 11.6. The van der Waals surface area contributed by atoms with Gasteiger partial charge < -0.3 is 10.1 Å². The maximum Gasteiger partial charge on any atom is 0.329 e. The number of nitrogens with zero attached hydrogens (tertiary/aromatic N) is 3. The predicted molar refractivity (Wildman–Crippen MR) is 75.0 cm³/mol. The van der Waals surface area contributed by atoms with Crippen molar-refractivity contribution in [1.29, 1.82) is 0 Å². The van der Waals surface area contributed by atoms with Gasteiger partial charge in [0.1, 0.15) is 11.9 Å². The molecule has 0 bridgehead atoms. The average molecular weight is 315 g/mol. The number of nitrogens with one attached hydrogen (secondary N) is 1. The molecule has 0 amide bonds. The maximum absolute atomic E-state index is 10.9. The molecule has 20 heavy (non-hydrogen) atoms. The molecule has 0 fully saturated rings. The average Bonchev–Trinajstić information content (AvgIpc) is 2.38. The number of ether oxygens (including phenoxy) is 1. The van der Waals surface area contributed by atoms with Crippen molar-refractivity contribution in [2.24, 2.45) is 0 Å². The van der Waals surface area contributed by atoms with Crippen molar-refractivity contribution < 1.29 is 9.66 Å². The van der Waals surface area contributed by atoms with Gasteiger partial charge in [0.2, 0.25) is 11.1 Å². The standard InChI is InChI=1S/C11H8Cl2N4O3/c1-20-9-3-2-6(4-7(9)12)15-10-8(17(18)19)5-14-11(13)16-10/h2-5H,1H3,(H,14,15,16). The summed E-state index contributed by atoms with van der Waals surface area (Å²) in [6.07, 6.45) is 1.03. The van der Waals surface area contributed by atoms with E-state index in [1.807, 2.05) is 0 Å². The maximum atomic E-state index is 10.9. The minimum absolute atomic E-state index is 0.0174. The van der Waals surface area contributed by atoms with Crippen LogP contribution in [0.3, 0.4) is 0 Å². The van der Waals surface area contributed by atoms with E-state index < -0.39 is 4.92 Å². The summed E-state index contributed by atoms with van der Waals surface area (Å²) in [4.78, 5) is 17.6. The third-order valence-electron chi connectivity index (χ3n) is 2.35. The van der Waals surface area contributed by atoms with E-state index in [1.165, 1.54) is 7.11 Å². The van der Waals surface area contributed by atoms with Gasteiger partial charge in [-0.05, 0) is 29.8 Å². The van der Waals surface area contributed by atoms with Crippen molar-refractivity contribution >= 4 is 40.4 Å². The van der Waals surface area contributed by atoms with Gasteiger partial charge in [-0.2, -0.15) is 4.98 Å². The third-order valence-corrected chi connectivity index (χ3v) is 2.83. The van der Waals surface area contributed by atoms with Crippen molar-refractivity contribution in [3.63, 3.8) is 0 Å². The largest absolute Gasteiger partial charge is 0.495 e. The van der Waals surface area contributed by atoms with Gasteiger partial charge in [-0.25, -0.2) is 4.98 Å². The highest BCUT2D eigenvalue weighted by molar-refractivity contribution is 6.32. The Hall–Kier alpha value is -2.12. The highest BCUT2D eigenvalue weighted by Gasteiger charge is 2.17. The first-order valence-corrected chi connectivity index (χ1v) is 6.04. The number of anilines is 2. The molecular formula is C11H8Cl2N4O3. The SMILES string of the molecule is COc1ccc(Nc2nc(Cl)ncc2[N+](=O)[O-])cc1Cl. The molecule has 2 rings (SSSR count). The second-order valence-electron chi connectivity index (χ2n) is 3.60. The second kappa shape index (κ2) is 5.89. The Morgan fingerprint density at radius 1 is 1.40 bits per heavy atom. The Morgan fingerprint density at radius 2 is 2.15 bits per heavy atom. The van der Waals surface area contributed by atoms with E-state index in [-0.39, 0.29) is 16.8 Å². The molecular weight excluding hydrogens is 307 g/mol. The number of aromatic nitrogens is 2. The Kier molecular flexibility index (Phi) is 4.21. The van der Waals surface area contributed by atoms with Crippen LogP contribution in [0.2, 0.25) is 10.3 Å². The smallest absolute Gasteiger partial charge is 0.329 e. The Balaban J connectivity index is 2.36. The number of halogens is 2.